The van der Waals surface area contributed by atoms with E-state index >= 15 is 0 Å². The molecule has 0 atom stereocenters. The normalized spacial score (nSPS) is 12.8. The van der Waals surface area contributed by atoms with Crippen molar-refractivity contribution in [2.24, 2.45) is 0 Å². The molecule has 0 bridgehead atoms. The Kier molecular flexibility index (Phi) is 5.44. The van der Waals surface area contributed by atoms with Gasteiger partial charge in [0, 0.05) is 17.1 Å². The Morgan fingerprint density at radius 1 is 0.909 bits per heavy atom. The lowest BCUT2D eigenvalue weighted by atomic mass is 9.86. The van der Waals surface area contributed by atoms with Gasteiger partial charge in [-0.2, -0.15) is 18.3 Å². The van der Waals surface area contributed by atoms with Gasteiger partial charge in [0.15, 0.2) is 5.69 Å². The Hall–Kier alpha value is -3.40. The molecule has 4 aromatic rings. The molecule has 10 heteroatoms. The number of anilines is 1. The average Bonchev–Trinajstić information content (AvgIpc) is 3.13. The first kappa shape index (κ1) is 22.8. The molecule has 33 heavy (non-hydrogen) atoms. The molecule has 0 amide bonds. The molecule has 0 aliphatic heterocycles. The summed E-state index contributed by atoms with van der Waals surface area (Å²) in [4.78, 5) is 4.17. The molecule has 172 valence electrons. The van der Waals surface area contributed by atoms with Crippen molar-refractivity contribution in [3.8, 4) is 5.69 Å². The zero-order valence-electron chi connectivity index (χ0n) is 18.1. The van der Waals surface area contributed by atoms with E-state index in [4.69, 9.17) is 0 Å². The number of sulfonamides is 1. The quantitative estimate of drug-likeness (QED) is 0.422. The fourth-order valence-corrected chi connectivity index (χ4v) is 4.73. The Morgan fingerprint density at radius 3 is 2.24 bits per heavy atom. The number of halogens is 3. The standard InChI is InChI=1S/C23H21F3N4O2S/c1-22(2,3)19-20(23(24,25)26)28-30(18-13-7-12-17-16(18)11-8-14-27-17)21(19)29-33(31,32)15-9-5-4-6-10-15/h4-14,29H,1-3H3. The summed E-state index contributed by atoms with van der Waals surface area (Å²) < 4.78 is 72.0. The van der Waals surface area contributed by atoms with Crippen LogP contribution < -0.4 is 4.72 Å². The summed E-state index contributed by atoms with van der Waals surface area (Å²) in [5, 5.41) is 4.41. The van der Waals surface area contributed by atoms with Crippen LogP contribution >= 0.6 is 0 Å². The molecular weight excluding hydrogens is 453 g/mol. The second-order valence-electron chi connectivity index (χ2n) is 8.50. The zero-order chi connectivity index (χ0) is 24.0. The minimum absolute atomic E-state index is 0.0780. The molecule has 0 radical (unpaired) electrons. The molecule has 0 unspecified atom stereocenters. The number of nitrogens with one attached hydrogen (secondary N) is 1. The van der Waals surface area contributed by atoms with Gasteiger partial charge < -0.3 is 0 Å². The van der Waals surface area contributed by atoms with Crippen LogP contribution in [-0.4, -0.2) is 23.2 Å². The maximum absolute atomic E-state index is 14.1. The zero-order valence-corrected chi connectivity index (χ0v) is 18.9. The molecular formula is C23H21F3N4O2S. The first-order valence-electron chi connectivity index (χ1n) is 10.0. The van der Waals surface area contributed by atoms with Gasteiger partial charge in [-0.15, -0.1) is 0 Å². The summed E-state index contributed by atoms with van der Waals surface area (Å²) in [6, 6.07) is 15.7. The van der Waals surface area contributed by atoms with Crippen molar-refractivity contribution in [3.05, 3.63) is 78.1 Å². The maximum Gasteiger partial charge on any atom is 0.435 e. The lowest BCUT2D eigenvalue weighted by Gasteiger charge is -2.22. The van der Waals surface area contributed by atoms with Crippen LogP contribution in [-0.2, 0) is 21.6 Å². The van der Waals surface area contributed by atoms with E-state index in [2.05, 4.69) is 14.8 Å². The Bertz CT molecular complexity index is 1420. The van der Waals surface area contributed by atoms with Crippen molar-refractivity contribution < 1.29 is 21.6 Å². The van der Waals surface area contributed by atoms with Crippen LogP contribution in [0.4, 0.5) is 19.0 Å². The molecule has 0 spiro atoms. The van der Waals surface area contributed by atoms with E-state index in [1.165, 1.54) is 24.3 Å². The van der Waals surface area contributed by atoms with Gasteiger partial charge in [0.25, 0.3) is 10.0 Å². The van der Waals surface area contributed by atoms with Crippen LogP contribution in [0, 0.1) is 0 Å². The highest BCUT2D eigenvalue weighted by Gasteiger charge is 2.43. The Labute approximate surface area is 189 Å². The van der Waals surface area contributed by atoms with Gasteiger partial charge in [0.1, 0.15) is 5.82 Å². The van der Waals surface area contributed by atoms with E-state index in [1.54, 1.807) is 63.4 Å². The minimum Gasteiger partial charge on any atom is -0.263 e. The predicted molar refractivity (Wildman–Crippen MR) is 120 cm³/mol. The van der Waals surface area contributed by atoms with Crippen molar-refractivity contribution in [1.29, 1.82) is 0 Å². The van der Waals surface area contributed by atoms with Gasteiger partial charge in [-0.3, -0.25) is 9.71 Å². The summed E-state index contributed by atoms with van der Waals surface area (Å²) in [5.74, 6) is -0.268. The summed E-state index contributed by atoms with van der Waals surface area (Å²) in [6.45, 7) is 4.73. The van der Waals surface area contributed by atoms with Crippen molar-refractivity contribution in [3.63, 3.8) is 0 Å². The third-order valence-electron chi connectivity index (χ3n) is 5.04. The number of aromatic nitrogens is 3. The van der Waals surface area contributed by atoms with Gasteiger partial charge in [0.2, 0.25) is 0 Å². The van der Waals surface area contributed by atoms with E-state index in [9.17, 15) is 21.6 Å². The molecule has 0 saturated heterocycles. The van der Waals surface area contributed by atoms with Crippen LogP contribution in [0.5, 0.6) is 0 Å². The van der Waals surface area contributed by atoms with E-state index in [-0.39, 0.29) is 22.0 Å². The van der Waals surface area contributed by atoms with Crippen molar-refractivity contribution in [2.45, 2.75) is 37.3 Å². The minimum atomic E-state index is -4.80. The third-order valence-corrected chi connectivity index (χ3v) is 6.39. The molecule has 0 saturated carbocycles. The number of rotatable bonds is 4. The molecule has 2 aromatic carbocycles. The van der Waals surface area contributed by atoms with Crippen molar-refractivity contribution in [1.82, 2.24) is 14.8 Å². The second-order valence-corrected chi connectivity index (χ2v) is 10.2. The Balaban J connectivity index is 2.06. The predicted octanol–water partition coefficient (Wildman–Crippen LogP) is 5.54. The first-order chi connectivity index (χ1) is 15.4. The van der Waals surface area contributed by atoms with Crippen LogP contribution in [0.3, 0.4) is 0 Å². The highest BCUT2D eigenvalue weighted by molar-refractivity contribution is 7.92. The Morgan fingerprint density at radius 2 is 1.61 bits per heavy atom. The summed E-state index contributed by atoms with van der Waals surface area (Å²) in [6.07, 6.45) is -3.24. The number of fused-ring (bicyclic) bond motifs is 1. The summed E-state index contributed by atoms with van der Waals surface area (Å²) in [7, 11) is -4.21. The molecule has 1 N–H and O–H groups in total. The monoisotopic (exact) mass is 474 g/mol. The summed E-state index contributed by atoms with van der Waals surface area (Å²) >= 11 is 0. The molecule has 0 fully saturated rings. The number of benzene rings is 2. The molecule has 2 aromatic heterocycles. The van der Waals surface area contributed by atoms with Gasteiger partial charge >= 0.3 is 6.18 Å². The average molecular weight is 475 g/mol. The topological polar surface area (TPSA) is 76.9 Å². The molecule has 0 aliphatic carbocycles. The maximum atomic E-state index is 14.1. The van der Waals surface area contributed by atoms with Gasteiger partial charge in [0.05, 0.1) is 16.1 Å². The van der Waals surface area contributed by atoms with Crippen LogP contribution in [0.1, 0.15) is 32.0 Å². The van der Waals surface area contributed by atoms with Crippen molar-refractivity contribution in [2.75, 3.05) is 4.72 Å². The number of hydrogen-bond donors (Lipinski definition) is 1. The lowest BCUT2D eigenvalue weighted by molar-refractivity contribution is -0.142. The van der Waals surface area contributed by atoms with Crippen LogP contribution in [0.15, 0.2) is 71.8 Å². The molecule has 2 heterocycles. The van der Waals surface area contributed by atoms with Crippen molar-refractivity contribution >= 4 is 26.7 Å². The second kappa shape index (κ2) is 7.87. The first-order valence-corrected chi connectivity index (χ1v) is 11.5. The highest BCUT2D eigenvalue weighted by atomic mass is 32.2. The molecule has 0 aliphatic rings. The SMILES string of the molecule is CC(C)(C)c1c(C(F)(F)F)nn(-c2cccc3ncccc23)c1NS(=O)(=O)c1ccccc1. The van der Waals surface area contributed by atoms with Gasteiger partial charge in [-0.25, -0.2) is 13.1 Å². The largest absolute Gasteiger partial charge is 0.435 e. The smallest absolute Gasteiger partial charge is 0.263 e. The van der Waals surface area contributed by atoms with Crippen LogP contribution in [0.25, 0.3) is 16.6 Å². The van der Waals surface area contributed by atoms with E-state index in [0.29, 0.717) is 10.9 Å². The third kappa shape index (κ3) is 4.30. The van der Waals surface area contributed by atoms with Crippen LogP contribution in [0.2, 0.25) is 0 Å². The van der Waals surface area contributed by atoms with E-state index in [1.807, 2.05) is 0 Å². The summed E-state index contributed by atoms with van der Waals surface area (Å²) in [5.41, 5.74) is -1.68. The lowest BCUT2D eigenvalue weighted by Crippen LogP contribution is -2.22. The number of alkyl halides is 3. The fraction of sp³-hybridized carbons (Fsp3) is 0.217. The fourth-order valence-electron chi connectivity index (χ4n) is 3.65. The highest BCUT2D eigenvalue weighted by Crippen LogP contribution is 2.43. The van der Waals surface area contributed by atoms with E-state index < -0.39 is 27.3 Å². The number of nitrogens with zero attached hydrogens (tertiary/aromatic N) is 3. The van der Waals surface area contributed by atoms with E-state index in [0.717, 1.165) is 4.68 Å². The number of pyridine rings is 1. The van der Waals surface area contributed by atoms with Gasteiger partial charge in [-0.1, -0.05) is 45.0 Å². The molecule has 6 nitrogen and oxygen atoms in total. The van der Waals surface area contributed by atoms with Gasteiger partial charge in [-0.05, 0) is 41.8 Å². The number of hydrogen-bond acceptors (Lipinski definition) is 4. The molecule has 4 rings (SSSR count).